The molecule has 0 saturated heterocycles. The van der Waals surface area contributed by atoms with Crippen LogP contribution in [-0.2, 0) is 24.5 Å². The molecule has 0 aromatic heterocycles. The third-order valence-corrected chi connectivity index (χ3v) is 4.08. The maximum Gasteiger partial charge on any atom is 0.316 e. The Balaban J connectivity index is 1.81. The Bertz CT molecular complexity index is 609. The molecule has 1 N–H and O–H groups in total. The molecule has 0 aliphatic heterocycles. The summed E-state index contributed by atoms with van der Waals surface area (Å²) in [5.74, 6) is -1.07. The van der Waals surface area contributed by atoms with Gasteiger partial charge in [0.1, 0.15) is 0 Å². The van der Waals surface area contributed by atoms with Gasteiger partial charge in [0.25, 0.3) is 5.91 Å². The lowest BCUT2D eigenvalue weighted by molar-refractivity contribution is -0.156. The zero-order valence-corrected chi connectivity index (χ0v) is 14.4. The lowest BCUT2D eigenvalue weighted by atomic mass is 9.85. The molecule has 0 bridgehead atoms. The molecule has 1 aliphatic rings. The highest BCUT2D eigenvalue weighted by atomic mass is 16.5. The van der Waals surface area contributed by atoms with Gasteiger partial charge in [-0.3, -0.25) is 14.4 Å². The number of rotatable bonds is 7. The van der Waals surface area contributed by atoms with Gasteiger partial charge < -0.3 is 15.0 Å². The average molecular weight is 332 g/mol. The zero-order chi connectivity index (χ0) is 17.7. The van der Waals surface area contributed by atoms with Crippen molar-refractivity contribution in [1.82, 2.24) is 10.2 Å². The third-order valence-electron chi connectivity index (χ3n) is 4.08. The number of benzene rings is 1. The number of hydrogen-bond donors (Lipinski definition) is 1. The summed E-state index contributed by atoms with van der Waals surface area (Å²) in [5, 5.41) is 2.81. The molecule has 130 valence electrons. The largest absolute Gasteiger partial charge is 0.455 e. The van der Waals surface area contributed by atoms with Crippen molar-refractivity contribution in [3.8, 4) is 0 Å². The van der Waals surface area contributed by atoms with Crippen LogP contribution in [0.3, 0.4) is 0 Å². The maximum absolute atomic E-state index is 12.3. The predicted octanol–water partition coefficient (Wildman–Crippen LogP) is 1.24. The van der Waals surface area contributed by atoms with Gasteiger partial charge in [0, 0.05) is 13.1 Å². The first-order chi connectivity index (χ1) is 11.3. The molecule has 0 heterocycles. The smallest absolute Gasteiger partial charge is 0.316 e. The number of hydrogen-bond acceptors (Lipinski definition) is 4. The first-order valence-electron chi connectivity index (χ1n) is 8.07. The lowest BCUT2D eigenvalue weighted by Gasteiger charge is -2.24. The average Bonchev–Trinajstić information content (AvgIpc) is 3.36. The summed E-state index contributed by atoms with van der Waals surface area (Å²) in [4.78, 5) is 37.3. The minimum atomic E-state index is -0.844. The molecule has 0 atom stereocenters. The molecule has 1 aromatic rings. The molecule has 24 heavy (non-hydrogen) atoms. The highest BCUT2D eigenvalue weighted by Gasteiger charge is 2.32. The summed E-state index contributed by atoms with van der Waals surface area (Å²) in [6, 6.07) is 9.51. The Hall–Kier alpha value is -2.37. The molecule has 0 spiro atoms. The van der Waals surface area contributed by atoms with E-state index in [0.29, 0.717) is 0 Å². The van der Waals surface area contributed by atoms with Crippen LogP contribution in [0.4, 0.5) is 0 Å². The van der Waals surface area contributed by atoms with Gasteiger partial charge in [0.15, 0.2) is 6.61 Å². The Kier molecular flexibility index (Phi) is 5.59. The molecule has 1 saturated carbocycles. The normalized spacial score (nSPS) is 14.0. The van der Waals surface area contributed by atoms with Gasteiger partial charge in [-0.25, -0.2) is 0 Å². The molecule has 2 amide bonds. The second-order valence-corrected chi connectivity index (χ2v) is 6.66. The zero-order valence-electron chi connectivity index (χ0n) is 14.4. The molecule has 6 nitrogen and oxygen atoms in total. The summed E-state index contributed by atoms with van der Waals surface area (Å²) in [6.07, 6.45) is 1.99. The van der Waals surface area contributed by atoms with E-state index in [1.807, 2.05) is 30.3 Å². The van der Waals surface area contributed by atoms with Gasteiger partial charge in [-0.05, 0) is 32.3 Å². The second-order valence-electron chi connectivity index (χ2n) is 6.66. The first-order valence-corrected chi connectivity index (χ1v) is 8.07. The van der Waals surface area contributed by atoms with Gasteiger partial charge in [0.05, 0.1) is 12.0 Å². The molecule has 1 fully saturated rings. The fourth-order valence-corrected chi connectivity index (χ4v) is 2.20. The molecule has 1 aliphatic carbocycles. The third kappa shape index (κ3) is 4.81. The fourth-order valence-electron chi connectivity index (χ4n) is 2.20. The van der Waals surface area contributed by atoms with Crippen LogP contribution in [0.2, 0.25) is 0 Å². The highest BCUT2D eigenvalue weighted by Crippen LogP contribution is 2.24. The second kappa shape index (κ2) is 7.47. The van der Waals surface area contributed by atoms with Gasteiger partial charge in [-0.1, -0.05) is 30.3 Å². The van der Waals surface area contributed by atoms with Gasteiger partial charge in [0.2, 0.25) is 5.91 Å². The summed E-state index contributed by atoms with van der Waals surface area (Å²) < 4.78 is 5.16. The molecule has 0 unspecified atom stereocenters. The van der Waals surface area contributed by atoms with Crippen LogP contribution >= 0.6 is 0 Å². The van der Waals surface area contributed by atoms with Crippen molar-refractivity contribution in [2.45, 2.75) is 38.1 Å². The molecule has 6 heteroatoms. The maximum atomic E-state index is 12.3. The summed E-state index contributed by atoms with van der Waals surface area (Å²) in [7, 11) is 1.52. The number of nitrogens with zero attached hydrogens (tertiary/aromatic N) is 1. The van der Waals surface area contributed by atoms with Crippen LogP contribution in [0.15, 0.2) is 30.3 Å². The topological polar surface area (TPSA) is 75.7 Å². The lowest BCUT2D eigenvalue weighted by Crippen LogP contribution is -2.41. The van der Waals surface area contributed by atoms with E-state index in [9.17, 15) is 14.4 Å². The van der Waals surface area contributed by atoms with Crippen LogP contribution in [0.25, 0.3) is 0 Å². The number of nitrogens with one attached hydrogen (secondary N) is 1. The Morgan fingerprint density at radius 2 is 1.83 bits per heavy atom. The van der Waals surface area contributed by atoms with E-state index in [2.05, 4.69) is 5.32 Å². The fraction of sp³-hybridized carbons (Fsp3) is 0.500. The van der Waals surface area contributed by atoms with Crippen LogP contribution in [0.1, 0.15) is 32.3 Å². The minimum Gasteiger partial charge on any atom is -0.455 e. The van der Waals surface area contributed by atoms with Gasteiger partial charge in [-0.2, -0.15) is 0 Å². The number of amides is 2. The monoisotopic (exact) mass is 332 g/mol. The predicted molar refractivity (Wildman–Crippen MR) is 89.2 cm³/mol. The number of carbonyl (C=O) groups is 3. The number of carbonyl (C=O) groups excluding carboxylic acids is 3. The number of ether oxygens (including phenoxy) is 1. The van der Waals surface area contributed by atoms with E-state index in [4.69, 9.17) is 4.74 Å². The summed E-state index contributed by atoms with van der Waals surface area (Å²) in [6.45, 7) is 3.10. The summed E-state index contributed by atoms with van der Waals surface area (Å²) in [5.41, 5.74) is -0.0247. The van der Waals surface area contributed by atoms with Crippen LogP contribution < -0.4 is 5.32 Å². The Labute approximate surface area is 142 Å². The molecular formula is C18H24N2O4. The van der Waals surface area contributed by atoms with Crippen molar-refractivity contribution in [2.24, 2.45) is 0 Å². The van der Waals surface area contributed by atoms with Gasteiger partial charge >= 0.3 is 5.97 Å². The van der Waals surface area contributed by atoms with E-state index >= 15 is 0 Å². The van der Waals surface area contributed by atoms with E-state index in [1.54, 1.807) is 13.8 Å². The SMILES string of the molecule is CN(CC(=O)NC1CC1)C(=O)COC(=O)C(C)(C)c1ccccc1. The Morgan fingerprint density at radius 3 is 2.42 bits per heavy atom. The van der Waals surface area contributed by atoms with Crippen molar-refractivity contribution >= 4 is 17.8 Å². The molecule has 1 aromatic carbocycles. The number of esters is 1. The highest BCUT2D eigenvalue weighted by molar-refractivity contribution is 5.88. The van der Waals surface area contributed by atoms with Crippen LogP contribution in [-0.4, -0.2) is 48.9 Å². The van der Waals surface area contributed by atoms with E-state index in [0.717, 1.165) is 18.4 Å². The van der Waals surface area contributed by atoms with Crippen molar-refractivity contribution in [2.75, 3.05) is 20.2 Å². The van der Waals surface area contributed by atoms with E-state index in [1.165, 1.54) is 11.9 Å². The van der Waals surface area contributed by atoms with Crippen molar-refractivity contribution < 1.29 is 19.1 Å². The minimum absolute atomic E-state index is 0.0328. The van der Waals surface area contributed by atoms with Crippen molar-refractivity contribution in [1.29, 1.82) is 0 Å². The van der Waals surface area contributed by atoms with Crippen LogP contribution in [0.5, 0.6) is 0 Å². The molecule has 2 rings (SSSR count). The van der Waals surface area contributed by atoms with Crippen molar-refractivity contribution in [3.05, 3.63) is 35.9 Å². The molecular weight excluding hydrogens is 308 g/mol. The first kappa shape index (κ1) is 18.0. The van der Waals surface area contributed by atoms with Crippen LogP contribution in [0, 0.1) is 0 Å². The quantitative estimate of drug-likeness (QED) is 0.763. The van der Waals surface area contributed by atoms with Crippen molar-refractivity contribution in [3.63, 3.8) is 0 Å². The van der Waals surface area contributed by atoms with Gasteiger partial charge in [-0.15, -0.1) is 0 Å². The molecule has 0 radical (unpaired) electrons. The standard InChI is InChI=1S/C18H24N2O4/c1-18(2,13-7-5-4-6-8-13)17(23)24-12-16(22)20(3)11-15(21)19-14-9-10-14/h4-8,14H,9-12H2,1-3H3,(H,19,21). The number of likely N-dealkylation sites (N-methyl/N-ethyl adjacent to an activating group) is 1. The van der Waals surface area contributed by atoms with E-state index < -0.39 is 17.3 Å². The summed E-state index contributed by atoms with van der Waals surface area (Å²) >= 11 is 0. The van der Waals surface area contributed by atoms with E-state index in [-0.39, 0.29) is 25.1 Å². The Morgan fingerprint density at radius 1 is 1.21 bits per heavy atom.